The fourth-order valence-corrected chi connectivity index (χ4v) is 3.31. The first-order valence-electron chi connectivity index (χ1n) is 9.41. The Balaban J connectivity index is 1.59. The molecule has 3 rings (SSSR count). The molecule has 8 nitrogen and oxygen atoms in total. The zero-order valence-corrected chi connectivity index (χ0v) is 17.6. The minimum absolute atomic E-state index is 0.0375. The minimum atomic E-state index is -0.431. The molecule has 0 bridgehead atoms. The predicted octanol–water partition coefficient (Wildman–Crippen LogP) is 2.38. The lowest BCUT2D eigenvalue weighted by atomic mass is 10.1. The van der Waals surface area contributed by atoms with Crippen molar-refractivity contribution in [3.05, 3.63) is 75.7 Å². The molecule has 3 aromatic rings. The third-order valence-electron chi connectivity index (χ3n) is 4.20. The highest BCUT2D eigenvalue weighted by atomic mass is 32.2. The number of aryl methyl sites for hydroxylation is 1. The zero-order chi connectivity index (χ0) is 21.5. The van der Waals surface area contributed by atoms with Crippen LogP contribution in [-0.4, -0.2) is 33.1 Å². The van der Waals surface area contributed by atoms with Crippen LogP contribution in [0.4, 0.5) is 5.69 Å². The summed E-state index contributed by atoms with van der Waals surface area (Å²) in [4.78, 5) is 24.7. The Hall–Kier alpha value is -3.33. The predicted molar refractivity (Wildman–Crippen MR) is 117 cm³/mol. The summed E-state index contributed by atoms with van der Waals surface area (Å²) in [6.07, 6.45) is 0.340. The van der Waals surface area contributed by atoms with Gasteiger partial charge in [0.2, 0.25) is 11.1 Å². The van der Waals surface area contributed by atoms with Gasteiger partial charge < -0.3 is 15.9 Å². The second-order valence-corrected chi connectivity index (χ2v) is 7.50. The van der Waals surface area contributed by atoms with Gasteiger partial charge in [-0.1, -0.05) is 41.6 Å². The highest BCUT2D eigenvalue weighted by Crippen LogP contribution is 2.17. The van der Waals surface area contributed by atoms with Crippen molar-refractivity contribution in [2.45, 2.75) is 25.4 Å². The first kappa shape index (κ1) is 21.4. The number of carbonyl (C=O) groups is 1. The molecule has 0 spiro atoms. The number of hydrogen-bond donors (Lipinski definition) is 2. The van der Waals surface area contributed by atoms with Gasteiger partial charge in [-0.2, -0.15) is 4.68 Å². The topological polar surface area (TPSA) is 112 Å². The van der Waals surface area contributed by atoms with E-state index >= 15 is 0 Å². The molecule has 0 aliphatic rings. The molecule has 0 aliphatic carbocycles. The molecule has 0 radical (unpaired) electrons. The lowest BCUT2D eigenvalue weighted by Crippen LogP contribution is -2.34. The van der Waals surface area contributed by atoms with Crippen LogP contribution in [0.25, 0.3) is 0 Å². The maximum Gasteiger partial charge on any atom is 0.294 e. The molecule has 3 N–H and O–H groups in total. The highest BCUT2D eigenvalue weighted by molar-refractivity contribution is 7.99. The summed E-state index contributed by atoms with van der Waals surface area (Å²) in [5.74, 6) is 6.40. The van der Waals surface area contributed by atoms with E-state index < -0.39 is 5.56 Å². The largest absolute Gasteiger partial charge is 0.494 e. The summed E-state index contributed by atoms with van der Waals surface area (Å²) in [5.41, 5.74) is 2.55. The number of benzene rings is 2. The van der Waals surface area contributed by atoms with E-state index in [0.717, 1.165) is 33.3 Å². The van der Waals surface area contributed by atoms with Crippen LogP contribution in [0.1, 0.15) is 23.7 Å². The Morgan fingerprint density at radius 3 is 2.50 bits per heavy atom. The van der Waals surface area contributed by atoms with Gasteiger partial charge in [0.1, 0.15) is 11.4 Å². The third kappa shape index (κ3) is 5.60. The average molecular weight is 426 g/mol. The lowest BCUT2D eigenvalue weighted by molar-refractivity contribution is -0.113. The Morgan fingerprint density at radius 1 is 1.13 bits per heavy atom. The number of amides is 1. The fraction of sp³-hybridized carbons (Fsp3) is 0.238. The van der Waals surface area contributed by atoms with Crippen LogP contribution >= 0.6 is 11.8 Å². The van der Waals surface area contributed by atoms with E-state index in [1.807, 2.05) is 38.1 Å². The van der Waals surface area contributed by atoms with Crippen molar-refractivity contribution in [3.63, 3.8) is 0 Å². The van der Waals surface area contributed by atoms with Crippen molar-refractivity contribution in [2.24, 2.45) is 0 Å². The summed E-state index contributed by atoms with van der Waals surface area (Å²) < 4.78 is 6.31. The van der Waals surface area contributed by atoms with Gasteiger partial charge in [-0.05, 0) is 43.7 Å². The van der Waals surface area contributed by atoms with Crippen molar-refractivity contribution in [3.8, 4) is 5.75 Å². The molecule has 2 aromatic carbocycles. The number of anilines is 1. The smallest absolute Gasteiger partial charge is 0.294 e. The summed E-state index contributed by atoms with van der Waals surface area (Å²) in [6.45, 7) is 4.48. The molecule has 1 heterocycles. The number of nitrogens with zero attached hydrogens (tertiary/aromatic N) is 3. The van der Waals surface area contributed by atoms with Gasteiger partial charge in [0.25, 0.3) is 5.56 Å². The third-order valence-corrected chi connectivity index (χ3v) is 5.14. The van der Waals surface area contributed by atoms with Gasteiger partial charge in [-0.3, -0.25) is 9.59 Å². The summed E-state index contributed by atoms with van der Waals surface area (Å²) in [6, 6.07) is 14.9. The number of carbonyl (C=O) groups excluding carboxylic acids is 1. The van der Waals surface area contributed by atoms with E-state index in [1.54, 1.807) is 24.3 Å². The number of ether oxygens (including phenoxy) is 1. The van der Waals surface area contributed by atoms with Crippen LogP contribution in [-0.2, 0) is 11.2 Å². The molecule has 0 unspecified atom stereocenters. The fourth-order valence-electron chi connectivity index (χ4n) is 2.66. The monoisotopic (exact) mass is 425 g/mol. The number of nitrogens with one attached hydrogen (secondary N) is 1. The Labute approximate surface area is 178 Å². The van der Waals surface area contributed by atoms with Crippen LogP contribution in [0.2, 0.25) is 0 Å². The molecule has 0 atom stereocenters. The molecule has 156 valence electrons. The first-order valence-corrected chi connectivity index (χ1v) is 10.4. The molecule has 0 saturated carbocycles. The number of nitrogens with two attached hydrogens (primary N) is 1. The Kier molecular flexibility index (Phi) is 7.08. The lowest BCUT2D eigenvalue weighted by Gasteiger charge is -2.09. The average Bonchev–Trinajstić information content (AvgIpc) is 2.74. The van der Waals surface area contributed by atoms with E-state index in [0.29, 0.717) is 18.7 Å². The SMILES string of the molecule is CCOc1ccc(NC(=O)CSc2nnc(Cc3ccc(C)cc3)c(=O)n2N)cc1. The van der Waals surface area contributed by atoms with Gasteiger partial charge in [-0.15, -0.1) is 10.2 Å². The number of hydrogen-bond acceptors (Lipinski definition) is 7. The zero-order valence-electron chi connectivity index (χ0n) is 16.8. The number of aromatic nitrogens is 3. The van der Waals surface area contributed by atoms with Crippen LogP contribution in [0, 0.1) is 6.92 Å². The summed E-state index contributed by atoms with van der Waals surface area (Å²) in [5, 5.41) is 11.0. The van der Waals surface area contributed by atoms with Gasteiger partial charge in [0, 0.05) is 12.1 Å². The minimum Gasteiger partial charge on any atom is -0.494 e. The summed E-state index contributed by atoms with van der Waals surface area (Å²) >= 11 is 1.04. The van der Waals surface area contributed by atoms with Crippen molar-refractivity contribution in [1.29, 1.82) is 0 Å². The molecular weight excluding hydrogens is 402 g/mol. The number of rotatable bonds is 8. The van der Waals surface area contributed by atoms with E-state index in [-0.39, 0.29) is 22.5 Å². The van der Waals surface area contributed by atoms with Crippen molar-refractivity contribution in [2.75, 3.05) is 23.5 Å². The van der Waals surface area contributed by atoms with Crippen LogP contribution in [0.3, 0.4) is 0 Å². The van der Waals surface area contributed by atoms with E-state index in [9.17, 15) is 9.59 Å². The van der Waals surface area contributed by atoms with Gasteiger partial charge in [-0.25, -0.2) is 0 Å². The van der Waals surface area contributed by atoms with Crippen LogP contribution in [0.15, 0.2) is 58.5 Å². The molecule has 0 aliphatic heterocycles. The maximum absolute atomic E-state index is 12.5. The molecule has 1 aromatic heterocycles. The van der Waals surface area contributed by atoms with Crippen molar-refractivity contribution < 1.29 is 9.53 Å². The van der Waals surface area contributed by atoms with Crippen LogP contribution in [0.5, 0.6) is 5.75 Å². The number of thioether (sulfide) groups is 1. The standard InChI is InChI=1S/C21H23N5O3S/c1-3-29-17-10-8-16(9-11-17)23-19(27)13-30-21-25-24-18(20(28)26(21)22)12-15-6-4-14(2)5-7-15/h4-11H,3,12-13,22H2,1-2H3,(H,23,27). The quantitative estimate of drug-likeness (QED) is 0.421. The van der Waals surface area contributed by atoms with Crippen LogP contribution < -0.4 is 21.5 Å². The van der Waals surface area contributed by atoms with E-state index in [1.165, 1.54) is 0 Å². The number of nitrogen functional groups attached to an aromatic ring is 1. The second kappa shape index (κ2) is 9.93. The molecule has 1 amide bonds. The highest BCUT2D eigenvalue weighted by Gasteiger charge is 2.13. The van der Waals surface area contributed by atoms with E-state index in [4.69, 9.17) is 10.6 Å². The molecule has 9 heteroatoms. The molecule has 0 saturated heterocycles. The first-order chi connectivity index (χ1) is 14.5. The molecule has 30 heavy (non-hydrogen) atoms. The molecule has 0 fully saturated rings. The second-order valence-electron chi connectivity index (χ2n) is 6.56. The van der Waals surface area contributed by atoms with Crippen molar-refractivity contribution >= 4 is 23.4 Å². The van der Waals surface area contributed by atoms with Gasteiger partial charge in [0.15, 0.2) is 0 Å². The summed E-state index contributed by atoms with van der Waals surface area (Å²) in [7, 11) is 0. The Bertz CT molecular complexity index is 1070. The van der Waals surface area contributed by atoms with Crippen molar-refractivity contribution in [1.82, 2.24) is 14.9 Å². The normalized spacial score (nSPS) is 10.6. The maximum atomic E-state index is 12.5. The van der Waals surface area contributed by atoms with Gasteiger partial charge >= 0.3 is 0 Å². The van der Waals surface area contributed by atoms with E-state index in [2.05, 4.69) is 15.5 Å². The van der Waals surface area contributed by atoms with Gasteiger partial charge in [0.05, 0.1) is 12.4 Å². The Morgan fingerprint density at radius 2 is 1.83 bits per heavy atom. The molecular formula is C21H23N5O3S.